The first kappa shape index (κ1) is 36.1. The maximum Gasteiger partial charge on any atom is 0.303 e. The van der Waals surface area contributed by atoms with Crippen LogP contribution < -0.4 is 4.74 Å². The summed E-state index contributed by atoms with van der Waals surface area (Å²) < 4.78 is 27.3. The number of aliphatic hydroxyl groups excluding tert-OH is 1. The van der Waals surface area contributed by atoms with Gasteiger partial charge in [0.25, 0.3) is 0 Å². The minimum Gasteiger partial charge on any atom is -0.504 e. The quantitative estimate of drug-likeness (QED) is 0.214. The number of carbonyl (C=O) groups is 3. The van der Waals surface area contributed by atoms with Crippen molar-refractivity contribution in [2.24, 2.45) is 22.7 Å². The number of alkyl halides is 1. The van der Waals surface area contributed by atoms with Gasteiger partial charge in [0, 0.05) is 39.8 Å². The highest BCUT2D eigenvalue weighted by atomic mass is 35.5. The standard InChI is InChI=1S/C24H29FO6.C12H7Cl3O2/c1-13-9-18-17-6-5-15-10-16(27)7-8-21(15,3)23(17,25)19(28)11-22(18,4)24(13,30)20(29)12-31-14(2)26;13-7-1-3-11(9(15)5-7)17-12-4-2-8(14)6-10(12)16/h7-8,10,17-19,28,30H,1,5-6,9,11-12H2,2-4H3;1-6,16H/t17-,18-,19-,21-,22-,23-,24-;/m0./s1. The van der Waals surface area contributed by atoms with Gasteiger partial charge < -0.3 is 24.8 Å². The van der Waals surface area contributed by atoms with Crippen molar-refractivity contribution in [3.8, 4) is 17.2 Å². The highest BCUT2D eigenvalue weighted by Crippen LogP contribution is 2.70. The number of halogens is 4. The van der Waals surface area contributed by atoms with Gasteiger partial charge in [0.15, 0.2) is 35.2 Å². The first-order chi connectivity index (χ1) is 22.4. The zero-order chi connectivity index (χ0) is 35.4. The fraction of sp³-hybridized carbons (Fsp3) is 0.417. The third kappa shape index (κ3) is 5.77. The number of hydrogen-bond donors (Lipinski definition) is 3. The number of phenolic OH excluding ortho intramolecular Hbond substituents is 1. The molecule has 8 nitrogen and oxygen atoms in total. The Morgan fingerprint density at radius 3 is 2.33 bits per heavy atom. The zero-order valence-electron chi connectivity index (χ0n) is 26.6. The monoisotopic (exact) mass is 720 g/mol. The summed E-state index contributed by atoms with van der Waals surface area (Å²) in [5.41, 5.74) is -5.46. The fourth-order valence-corrected chi connectivity index (χ4v) is 8.82. The van der Waals surface area contributed by atoms with E-state index in [0.29, 0.717) is 39.2 Å². The summed E-state index contributed by atoms with van der Waals surface area (Å²) in [5, 5.41) is 33.7. The van der Waals surface area contributed by atoms with Gasteiger partial charge in [-0.1, -0.05) is 60.0 Å². The Balaban J connectivity index is 0.000000224. The number of benzene rings is 2. The lowest BCUT2D eigenvalue weighted by Gasteiger charge is -2.62. The van der Waals surface area contributed by atoms with Crippen molar-refractivity contribution in [2.45, 2.75) is 63.8 Å². The summed E-state index contributed by atoms with van der Waals surface area (Å²) in [4.78, 5) is 36.1. The Bertz CT molecular complexity index is 1710. The lowest BCUT2D eigenvalue weighted by Crippen LogP contribution is -2.69. The Labute approximate surface area is 292 Å². The number of carbonyl (C=O) groups excluding carboxylic acids is 3. The molecular weight excluding hydrogens is 686 g/mol. The van der Waals surface area contributed by atoms with Gasteiger partial charge in [0.1, 0.15) is 5.75 Å². The van der Waals surface area contributed by atoms with Gasteiger partial charge in [0.2, 0.25) is 5.78 Å². The number of phenols is 1. The second-order valence-electron chi connectivity index (χ2n) is 13.3. The third-order valence-electron chi connectivity index (χ3n) is 10.7. The van der Waals surface area contributed by atoms with Crippen molar-refractivity contribution < 1.29 is 43.6 Å². The van der Waals surface area contributed by atoms with E-state index in [4.69, 9.17) is 44.3 Å². The SMILES string of the molecule is C=C1C[C@H]2[C@@H]3CCC4=CC(=O)C=C[C@]4(C)[C@@]3(F)[C@@H](O)C[C@]2(C)[C@@]1(O)C(=O)COC(C)=O.Oc1cc(Cl)ccc1Oc1ccc(Cl)cc1Cl. The molecule has 2 aromatic rings. The van der Waals surface area contributed by atoms with Crippen LogP contribution >= 0.6 is 34.8 Å². The average molecular weight is 722 g/mol. The number of ketones is 2. The normalized spacial score (nSPS) is 33.4. The Kier molecular flexibility index (Phi) is 9.71. The molecule has 3 saturated carbocycles. The molecule has 0 unspecified atom stereocenters. The van der Waals surface area contributed by atoms with E-state index in [1.807, 2.05) is 0 Å². The van der Waals surface area contributed by atoms with Crippen LogP contribution in [0.25, 0.3) is 0 Å². The van der Waals surface area contributed by atoms with Gasteiger partial charge in [0.05, 0.1) is 11.1 Å². The molecule has 0 heterocycles. The van der Waals surface area contributed by atoms with E-state index in [1.165, 1.54) is 25.1 Å². The minimum absolute atomic E-state index is 0.0523. The number of allylic oxidation sites excluding steroid dienone is 4. The average Bonchev–Trinajstić information content (AvgIpc) is 3.21. The summed E-state index contributed by atoms with van der Waals surface area (Å²) in [6, 6.07) is 9.39. The second-order valence-corrected chi connectivity index (χ2v) is 14.6. The van der Waals surface area contributed by atoms with Gasteiger partial charge in [-0.05, 0) is 86.6 Å². The molecule has 7 atom stereocenters. The van der Waals surface area contributed by atoms with Crippen LogP contribution in [0.4, 0.5) is 4.39 Å². The lowest BCUT2D eigenvalue weighted by atomic mass is 9.44. The molecule has 4 aliphatic carbocycles. The van der Waals surface area contributed by atoms with E-state index < -0.39 is 58.4 Å². The maximum absolute atomic E-state index is 17.0. The molecule has 0 spiro atoms. The maximum atomic E-state index is 17.0. The predicted molar refractivity (Wildman–Crippen MR) is 179 cm³/mol. The van der Waals surface area contributed by atoms with E-state index in [9.17, 15) is 29.7 Å². The number of hydrogen-bond acceptors (Lipinski definition) is 8. The lowest BCUT2D eigenvalue weighted by molar-refractivity contribution is -0.215. The summed E-state index contributed by atoms with van der Waals surface area (Å²) >= 11 is 17.4. The summed E-state index contributed by atoms with van der Waals surface area (Å²) in [6.07, 6.45) is 3.86. The van der Waals surface area contributed by atoms with Gasteiger partial charge >= 0.3 is 5.97 Å². The minimum atomic E-state index is -2.05. The molecule has 0 aromatic heterocycles. The van der Waals surface area contributed by atoms with Gasteiger partial charge in [-0.25, -0.2) is 4.39 Å². The molecule has 3 N–H and O–H groups in total. The molecule has 0 amide bonds. The number of ether oxygens (including phenoxy) is 2. The molecule has 0 radical (unpaired) electrons. The summed E-state index contributed by atoms with van der Waals surface area (Å²) in [6.45, 7) is 7.90. The topological polar surface area (TPSA) is 130 Å². The largest absolute Gasteiger partial charge is 0.504 e. The van der Waals surface area contributed by atoms with E-state index in [2.05, 4.69) is 6.58 Å². The van der Waals surface area contributed by atoms with E-state index in [-0.39, 0.29) is 35.7 Å². The number of aromatic hydroxyl groups is 1. The van der Waals surface area contributed by atoms with Gasteiger partial charge in [-0.3, -0.25) is 14.4 Å². The predicted octanol–water partition coefficient (Wildman–Crippen LogP) is 7.53. The number of aliphatic hydroxyl groups is 2. The third-order valence-corrected chi connectivity index (χ3v) is 11.4. The Hall–Kier alpha value is -3.21. The van der Waals surface area contributed by atoms with Crippen molar-refractivity contribution >= 4 is 52.3 Å². The smallest absolute Gasteiger partial charge is 0.303 e. The van der Waals surface area contributed by atoms with E-state index in [0.717, 1.165) is 0 Å². The highest BCUT2D eigenvalue weighted by Gasteiger charge is 2.75. The molecular formula is C36H36Cl3FO8. The van der Waals surface area contributed by atoms with Crippen LogP contribution in [0.2, 0.25) is 15.1 Å². The van der Waals surface area contributed by atoms with Crippen LogP contribution in [0, 0.1) is 22.7 Å². The highest BCUT2D eigenvalue weighted by molar-refractivity contribution is 6.35. The van der Waals surface area contributed by atoms with Crippen molar-refractivity contribution in [3.05, 3.63) is 87.4 Å². The zero-order valence-corrected chi connectivity index (χ0v) is 28.8. The van der Waals surface area contributed by atoms with Crippen LogP contribution in [0.3, 0.4) is 0 Å². The Morgan fingerprint density at radius 2 is 1.71 bits per heavy atom. The molecule has 0 aliphatic heterocycles. The van der Waals surface area contributed by atoms with E-state index in [1.54, 1.807) is 50.3 Å². The molecule has 4 aliphatic rings. The van der Waals surface area contributed by atoms with Crippen LogP contribution in [-0.4, -0.2) is 56.8 Å². The summed E-state index contributed by atoms with van der Waals surface area (Å²) in [5.74, 6) is -1.99. The molecule has 2 aromatic carbocycles. The molecule has 256 valence electrons. The molecule has 48 heavy (non-hydrogen) atoms. The summed E-state index contributed by atoms with van der Waals surface area (Å²) in [7, 11) is 0. The van der Waals surface area contributed by atoms with Gasteiger partial charge in [-0.15, -0.1) is 0 Å². The Morgan fingerprint density at radius 1 is 1.06 bits per heavy atom. The molecule has 0 bridgehead atoms. The van der Waals surface area contributed by atoms with Crippen LogP contribution in [0.5, 0.6) is 17.2 Å². The first-order valence-corrected chi connectivity index (χ1v) is 16.5. The fourth-order valence-electron chi connectivity index (χ4n) is 8.21. The van der Waals surface area contributed by atoms with Crippen molar-refractivity contribution in [2.75, 3.05) is 6.61 Å². The van der Waals surface area contributed by atoms with Crippen molar-refractivity contribution in [3.63, 3.8) is 0 Å². The van der Waals surface area contributed by atoms with Crippen LogP contribution in [0.15, 0.2) is 72.4 Å². The number of Topliss-reactive ketones (excluding diaryl/α,β-unsaturated/α-hetero) is 1. The second kappa shape index (κ2) is 12.9. The number of fused-ring (bicyclic) bond motifs is 5. The van der Waals surface area contributed by atoms with Crippen molar-refractivity contribution in [1.82, 2.24) is 0 Å². The first-order valence-electron chi connectivity index (χ1n) is 15.4. The van der Waals surface area contributed by atoms with Crippen LogP contribution in [0.1, 0.15) is 46.5 Å². The molecule has 6 rings (SSSR count). The van der Waals surface area contributed by atoms with E-state index >= 15 is 4.39 Å². The van der Waals surface area contributed by atoms with Crippen molar-refractivity contribution in [1.29, 1.82) is 0 Å². The van der Waals surface area contributed by atoms with Crippen LogP contribution in [-0.2, 0) is 19.1 Å². The molecule has 3 fully saturated rings. The molecule has 0 saturated heterocycles. The number of rotatable bonds is 5. The molecule has 12 heteroatoms. The number of esters is 1. The van der Waals surface area contributed by atoms with Gasteiger partial charge in [-0.2, -0.15) is 0 Å².